The van der Waals surface area contributed by atoms with Gasteiger partial charge >= 0.3 is 0 Å². The third-order valence-corrected chi connectivity index (χ3v) is 3.86. The number of hydrogen-bond donors (Lipinski definition) is 2. The SMILES string of the molecule is Cl.OCC(F)(F)[C@H](c1c(F)ccc(F)c1Cl)N1CCNCC1. The van der Waals surface area contributed by atoms with Crippen molar-refractivity contribution in [1.29, 1.82) is 0 Å². The Kier molecular flexibility index (Phi) is 6.88. The Balaban J connectivity index is 0.00000242. The molecule has 0 bridgehead atoms. The maximum atomic E-state index is 14.1. The minimum Gasteiger partial charge on any atom is -0.390 e. The molecule has 2 rings (SSSR count). The summed E-state index contributed by atoms with van der Waals surface area (Å²) in [7, 11) is 0. The molecule has 1 heterocycles. The van der Waals surface area contributed by atoms with Crippen molar-refractivity contribution in [2.24, 2.45) is 0 Å². The van der Waals surface area contributed by atoms with Crippen LogP contribution in [0.2, 0.25) is 5.02 Å². The van der Waals surface area contributed by atoms with E-state index < -0.39 is 40.8 Å². The van der Waals surface area contributed by atoms with Gasteiger partial charge in [0, 0.05) is 31.7 Å². The molecule has 0 aliphatic carbocycles. The van der Waals surface area contributed by atoms with Crippen LogP contribution in [0.4, 0.5) is 17.6 Å². The Morgan fingerprint density at radius 1 is 1.23 bits per heavy atom. The van der Waals surface area contributed by atoms with Crippen LogP contribution in [0.3, 0.4) is 0 Å². The Bertz CT molecular complexity index is 513. The van der Waals surface area contributed by atoms with E-state index in [0.29, 0.717) is 13.1 Å². The van der Waals surface area contributed by atoms with Crippen LogP contribution in [-0.4, -0.2) is 48.7 Å². The Morgan fingerprint density at radius 2 is 1.77 bits per heavy atom. The van der Waals surface area contributed by atoms with Gasteiger partial charge in [-0.2, -0.15) is 0 Å². The largest absolute Gasteiger partial charge is 0.390 e. The van der Waals surface area contributed by atoms with Gasteiger partial charge in [-0.1, -0.05) is 11.6 Å². The number of alkyl halides is 2. The van der Waals surface area contributed by atoms with Crippen molar-refractivity contribution in [1.82, 2.24) is 10.2 Å². The summed E-state index contributed by atoms with van der Waals surface area (Å²) in [5, 5.41) is 11.3. The summed E-state index contributed by atoms with van der Waals surface area (Å²) in [5.74, 6) is -5.63. The van der Waals surface area contributed by atoms with Gasteiger partial charge in [0.2, 0.25) is 0 Å². The number of aliphatic hydroxyl groups is 1. The lowest BCUT2D eigenvalue weighted by atomic mass is 9.97. The number of nitrogens with one attached hydrogen (secondary N) is 1. The summed E-state index contributed by atoms with van der Waals surface area (Å²) in [5.41, 5.74) is -0.613. The average molecular weight is 363 g/mol. The van der Waals surface area contributed by atoms with E-state index in [-0.39, 0.29) is 25.5 Å². The van der Waals surface area contributed by atoms with E-state index in [1.807, 2.05) is 0 Å². The van der Waals surface area contributed by atoms with E-state index in [4.69, 9.17) is 16.7 Å². The highest BCUT2D eigenvalue weighted by molar-refractivity contribution is 6.31. The normalized spacial score (nSPS) is 17.9. The fraction of sp³-hybridized carbons (Fsp3) is 0.538. The summed E-state index contributed by atoms with van der Waals surface area (Å²) in [6.45, 7) is -0.175. The Labute approximate surface area is 136 Å². The van der Waals surface area contributed by atoms with Gasteiger partial charge in [0.15, 0.2) is 0 Å². The molecule has 1 aromatic carbocycles. The molecule has 0 spiro atoms. The van der Waals surface area contributed by atoms with Crippen molar-refractivity contribution in [2.45, 2.75) is 12.0 Å². The minimum absolute atomic E-state index is 0. The average Bonchev–Trinajstić information content (AvgIpc) is 2.48. The van der Waals surface area contributed by atoms with Gasteiger partial charge in [0.1, 0.15) is 24.3 Å². The molecule has 3 nitrogen and oxygen atoms in total. The predicted octanol–water partition coefficient (Wildman–Crippen LogP) is 2.61. The van der Waals surface area contributed by atoms with Crippen LogP contribution in [0.15, 0.2) is 12.1 Å². The zero-order valence-electron chi connectivity index (χ0n) is 11.5. The lowest BCUT2D eigenvalue weighted by molar-refractivity contribution is -0.119. The highest BCUT2D eigenvalue weighted by atomic mass is 35.5. The molecule has 1 fully saturated rings. The van der Waals surface area contributed by atoms with Gasteiger partial charge in [-0.15, -0.1) is 12.4 Å². The minimum atomic E-state index is -3.64. The van der Waals surface area contributed by atoms with Crippen LogP contribution >= 0.6 is 24.0 Å². The Hall–Kier alpha value is -0.600. The van der Waals surface area contributed by atoms with Crippen molar-refractivity contribution >= 4 is 24.0 Å². The van der Waals surface area contributed by atoms with Crippen LogP contribution in [-0.2, 0) is 0 Å². The monoisotopic (exact) mass is 362 g/mol. The summed E-state index contributed by atoms with van der Waals surface area (Å²) in [6.07, 6.45) is 0. The molecule has 0 aromatic heterocycles. The molecule has 22 heavy (non-hydrogen) atoms. The topological polar surface area (TPSA) is 35.5 Å². The van der Waals surface area contributed by atoms with Gasteiger partial charge < -0.3 is 10.4 Å². The highest BCUT2D eigenvalue weighted by Crippen LogP contribution is 2.41. The van der Waals surface area contributed by atoms with Crippen LogP contribution in [0.1, 0.15) is 11.6 Å². The number of piperazine rings is 1. The molecule has 0 saturated carbocycles. The highest BCUT2D eigenvalue weighted by Gasteiger charge is 2.46. The first-order valence-corrected chi connectivity index (χ1v) is 6.83. The van der Waals surface area contributed by atoms with Crippen LogP contribution in [0.5, 0.6) is 0 Å². The van der Waals surface area contributed by atoms with E-state index >= 15 is 0 Å². The van der Waals surface area contributed by atoms with Crippen molar-refractivity contribution in [3.8, 4) is 0 Å². The number of nitrogens with zero attached hydrogens (tertiary/aromatic N) is 1. The zero-order chi connectivity index (χ0) is 15.6. The third kappa shape index (κ3) is 3.83. The summed E-state index contributed by atoms with van der Waals surface area (Å²) >= 11 is 5.70. The first-order chi connectivity index (χ1) is 9.88. The van der Waals surface area contributed by atoms with E-state index in [1.165, 1.54) is 4.90 Å². The molecular formula is C13H16Cl2F4N2O. The smallest absolute Gasteiger partial charge is 0.290 e. The maximum Gasteiger partial charge on any atom is 0.290 e. The molecule has 126 valence electrons. The van der Waals surface area contributed by atoms with Crippen LogP contribution in [0.25, 0.3) is 0 Å². The molecule has 9 heteroatoms. The number of rotatable bonds is 4. The number of hydrogen-bond acceptors (Lipinski definition) is 3. The van der Waals surface area contributed by atoms with E-state index in [1.54, 1.807) is 0 Å². The first-order valence-electron chi connectivity index (χ1n) is 6.45. The molecule has 0 unspecified atom stereocenters. The Morgan fingerprint density at radius 3 is 2.32 bits per heavy atom. The summed E-state index contributed by atoms with van der Waals surface area (Å²) in [4.78, 5) is 1.30. The van der Waals surface area contributed by atoms with Gasteiger partial charge in [-0.25, -0.2) is 17.6 Å². The van der Waals surface area contributed by atoms with E-state index in [2.05, 4.69) is 5.32 Å². The maximum absolute atomic E-state index is 14.1. The standard InChI is InChI=1S/C13H15ClF4N2O.ClH/c14-11-9(16)2-1-8(15)10(11)12(13(17,18)7-21)20-5-3-19-4-6-20;/h1-2,12,19,21H,3-7H2;1H/t12-;/m0./s1. The number of aliphatic hydroxyl groups excluding tert-OH is 1. The molecule has 1 saturated heterocycles. The molecule has 0 radical (unpaired) electrons. The molecule has 0 amide bonds. The van der Waals surface area contributed by atoms with Crippen molar-refractivity contribution in [2.75, 3.05) is 32.8 Å². The van der Waals surface area contributed by atoms with Crippen LogP contribution < -0.4 is 5.32 Å². The van der Waals surface area contributed by atoms with Crippen molar-refractivity contribution in [3.05, 3.63) is 34.4 Å². The first kappa shape index (κ1) is 19.4. The predicted molar refractivity (Wildman–Crippen MR) is 77.8 cm³/mol. The molecule has 1 aliphatic heterocycles. The molecule has 1 aliphatic rings. The zero-order valence-corrected chi connectivity index (χ0v) is 13.0. The molecule has 2 N–H and O–H groups in total. The van der Waals surface area contributed by atoms with Gasteiger partial charge in [0.25, 0.3) is 5.92 Å². The second-order valence-corrected chi connectivity index (χ2v) is 5.24. The molecule has 1 aromatic rings. The second-order valence-electron chi connectivity index (χ2n) is 4.86. The van der Waals surface area contributed by atoms with Gasteiger partial charge in [-0.3, -0.25) is 4.90 Å². The lowest BCUT2D eigenvalue weighted by Crippen LogP contribution is -2.51. The number of halogens is 6. The van der Waals surface area contributed by atoms with E-state index in [9.17, 15) is 17.6 Å². The lowest BCUT2D eigenvalue weighted by Gasteiger charge is -2.39. The third-order valence-electron chi connectivity index (χ3n) is 3.48. The van der Waals surface area contributed by atoms with E-state index in [0.717, 1.165) is 12.1 Å². The fourth-order valence-corrected chi connectivity index (χ4v) is 2.74. The van der Waals surface area contributed by atoms with Crippen molar-refractivity contribution in [3.63, 3.8) is 0 Å². The number of benzene rings is 1. The fourth-order valence-electron chi connectivity index (χ4n) is 2.48. The van der Waals surface area contributed by atoms with Gasteiger partial charge in [0.05, 0.1) is 5.02 Å². The second kappa shape index (κ2) is 7.79. The summed E-state index contributed by atoms with van der Waals surface area (Å²) < 4.78 is 55.8. The summed E-state index contributed by atoms with van der Waals surface area (Å²) in [6, 6.07) is -0.264. The molecular weight excluding hydrogens is 347 g/mol. The van der Waals surface area contributed by atoms with Crippen LogP contribution in [0, 0.1) is 11.6 Å². The van der Waals surface area contributed by atoms with Crippen molar-refractivity contribution < 1.29 is 22.7 Å². The quantitative estimate of drug-likeness (QED) is 0.638. The van der Waals surface area contributed by atoms with Gasteiger partial charge in [-0.05, 0) is 12.1 Å². The molecule has 1 atom stereocenters.